The first-order valence-corrected chi connectivity index (χ1v) is 6.89. The summed E-state index contributed by atoms with van der Waals surface area (Å²) >= 11 is 0. The Labute approximate surface area is 106 Å². The van der Waals surface area contributed by atoms with E-state index in [2.05, 4.69) is 25.9 Å². The molecular formula is C14H28N2O. The predicted octanol–water partition coefficient (Wildman–Crippen LogP) is 2.77. The average Bonchev–Trinajstić information content (AvgIpc) is 2.30. The van der Waals surface area contributed by atoms with E-state index in [9.17, 15) is 0 Å². The standard InChI is InChI=1S/C14H28N2O/c1-4-6-9-13(16-15)14(17-5-2)10-7-8-12(3)11-14/h4,12-13,16H,1,5-11,15H2,2-3H3. The summed E-state index contributed by atoms with van der Waals surface area (Å²) in [5.74, 6) is 6.47. The molecule has 1 fully saturated rings. The van der Waals surface area contributed by atoms with Gasteiger partial charge >= 0.3 is 0 Å². The number of hydrogen-bond acceptors (Lipinski definition) is 3. The highest BCUT2D eigenvalue weighted by Gasteiger charge is 2.41. The quantitative estimate of drug-likeness (QED) is 0.409. The van der Waals surface area contributed by atoms with Gasteiger partial charge < -0.3 is 4.74 Å². The van der Waals surface area contributed by atoms with E-state index in [1.807, 2.05) is 6.08 Å². The maximum absolute atomic E-state index is 6.11. The van der Waals surface area contributed by atoms with Crippen LogP contribution in [0.25, 0.3) is 0 Å². The summed E-state index contributed by atoms with van der Waals surface area (Å²) in [5.41, 5.74) is 2.91. The summed E-state index contributed by atoms with van der Waals surface area (Å²) in [6.45, 7) is 8.93. The molecule has 0 heterocycles. The molecule has 0 amide bonds. The molecule has 1 aliphatic rings. The van der Waals surface area contributed by atoms with Crippen molar-refractivity contribution >= 4 is 0 Å². The van der Waals surface area contributed by atoms with Crippen LogP contribution in [-0.4, -0.2) is 18.2 Å². The van der Waals surface area contributed by atoms with E-state index >= 15 is 0 Å². The zero-order chi connectivity index (χ0) is 12.7. The third-order valence-corrected chi connectivity index (χ3v) is 3.92. The van der Waals surface area contributed by atoms with Gasteiger partial charge in [-0.25, -0.2) is 0 Å². The van der Waals surface area contributed by atoms with Crippen molar-refractivity contribution in [2.45, 2.75) is 64.0 Å². The van der Waals surface area contributed by atoms with Crippen LogP contribution in [0.1, 0.15) is 52.4 Å². The Kier molecular flexibility index (Phi) is 6.17. The van der Waals surface area contributed by atoms with Crippen molar-refractivity contribution in [3.8, 4) is 0 Å². The number of hydrazine groups is 1. The second kappa shape index (κ2) is 7.14. The molecule has 1 saturated carbocycles. The molecule has 3 unspecified atom stereocenters. The molecule has 1 rings (SSSR count). The molecule has 0 bridgehead atoms. The van der Waals surface area contributed by atoms with Gasteiger partial charge in [0.25, 0.3) is 0 Å². The molecule has 0 spiro atoms. The zero-order valence-electron chi connectivity index (χ0n) is 11.4. The highest BCUT2D eigenvalue weighted by atomic mass is 16.5. The lowest BCUT2D eigenvalue weighted by atomic mass is 9.73. The summed E-state index contributed by atoms with van der Waals surface area (Å²) in [6.07, 6.45) is 8.74. The second-order valence-corrected chi connectivity index (χ2v) is 5.28. The Morgan fingerprint density at radius 2 is 2.41 bits per heavy atom. The molecule has 3 atom stereocenters. The normalized spacial score (nSPS) is 31.1. The lowest BCUT2D eigenvalue weighted by Gasteiger charge is -2.45. The number of ether oxygens (including phenoxy) is 1. The molecule has 17 heavy (non-hydrogen) atoms. The van der Waals surface area contributed by atoms with Crippen molar-refractivity contribution in [3.05, 3.63) is 12.7 Å². The van der Waals surface area contributed by atoms with Crippen molar-refractivity contribution in [1.29, 1.82) is 0 Å². The number of rotatable bonds is 7. The van der Waals surface area contributed by atoms with Crippen molar-refractivity contribution < 1.29 is 4.74 Å². The molecular weight excluding hydrogens is 212 g/mol. The number of nitrogens with two attached hydrogens (primary N) is 1. The molecule has 0 radical (unpaired) electrons. The van der Waals surface area contributed by atoms with Gasteiger partial charge in [-0.2, -0.15) is 0 Å². The monoisotopic (exact) mass is 240 g/mol. The summed E-state index contributed by atoms with van der Waals surface area (Å²) < 4.78 is 6.11. The molecule has 3 N–H and O–H groups in total. The molecule has 3 heteroatoms. The minimum Gasteiger partial charge on any atom is -0.374 e. The van der Waals surface area contributed by atoms with Gasteiger partial charge in [0.1, 0.15) is 0 Å². The van der Waals surface area contributed by atoms with Crippen LogP contribution < -0.4 is 11.3 Å². The maximum atomic E-state index is 6.11. The van der Waals surface area contributed by atoms with Crippen LogP contribution in [0.3, 0.4) is 0 Å². The molecule has 100 valence electrons. The van der Waals surface area contributed by atoms with Crippen LogP contribution in [0, 0.1) is 5.92 Å². The third kappa shape index (κ3) is 3.80. The molecule has 0 aromatic heterocycles. The largest absolute Gasteiger partial charge is 0.374 e. The van der Waals surface area contributed by atoms with Gasteiger partial charge in [0.2, 0.25) is 0 Å². The molecule has 0 saturated heterocycles. The fourth-order valence-corrected chi connectivity index (χ4v) is 3.16. The van der Waals surface area contributed by atoms with Gasteiger partial charge in [-0.1, -0.05) is 25.8 Å². The first kappa shape index (κ1) is 14.7. The van der Waals surface area contributed by atoms with Gasteiger partial charge in [0.05, 0.1) is 11.6 Å². The van der Waals surface area contributed by atoms with E-state index in [4.69, 9.17) is 10.6 Å². The average molecular weight is 240 g/mol. The van der Waals surface area contributed by atoms with Crippen LogP contribution in [0.5, 0.6) is 0 Å². The first-order chi connectivity index (χ1) is 8.18. The number of allylic oxidation sites excluding steroid dienone is 1. The Morgan fingerprint density at radius 3 is 2.94 bits per heavy atom. The van der Waals surface area contributed by atoms with Gasteiger partial charge in [-0.05, 0) is 38.5 Å². The molecule has 0 aromatic rings. The SMILES string of the molecule is C=CCCC(NN)C1(OCC)CCCC(C)C1. The van der Waals surface area contributed by atoms with E-state index in [0.717, 1.165) is 38.2 Å². The topological polar surface area (TPSA) is 47.3 Å². The van der Waals surface area contributed by atoms with Gasteiger partial charge in [0.15, 0.2) is 0 Å². The van der Waals surface area contributed by atoms with Crippen molar-refractivity contribution in [2.75, 3.05) is 6.61 Å². The molecule has 3 nitrogen and oxygen atoms in total. The van der Waals surface area contributed by atoms with E-state index in [1.165, 1.54) is 12.8 Å². The Balaban J connectivity index is 2.75. The van der Waals surface area contributed by atoms with Gasteiger partial charge in [-0.3, -0.25) is 11.3 Å². The lowest BCUT2D eigenvalue weighted by molar-refractivity contribution is -0.102. The predicted molar refractivity (Wildman–Crippen MR) is 72.5 cm³/mol. The van der Waals surface area contributed by atoms with Crippen molar-refractivity contribution in [1.82, 2.24) is 5.43 Å². The number of hydrogen-bond donors (Lipinski definition) is 2. The second-order valence-electron chi connectivity index (χ2n) is 5.28. The zero-order valence-corrected chi connectivity index (χ0v) is 11.4. The van der Waals surface area contributed by atoms with E-state index in [1.54, 1.807) is 0 Å². The summed E-state index contributed by atoms with van der Waals surface area (Å²) in [4.78, 5) is 0. The van der Waals surface area contributed by atoms with Crippen LogP contribution in [-0.2, 0) is 4.74 Å². The van der Waals surface area contributed by atoms with Crippen LogP contribution in [0.15, 0.2) is 12.7 Å². The minimum absolute atomic E-state index is 0.0653. The molecule has 0 aliphatic heterocycles. The van der Waals surface area contributed by atoms with E-state index < -0.39 is 0 Å². The fourth-order valence-electron chi connectivity index (χ4n) is 3.16. The smallest absolute Gasteiger partial charge is 0.0850 e. The lowest BCUT2D eigenvalue weighted by Crippen LogP contribution is -2.56. The van der Waals surface area contributed by atoms with Crippen LogP contribution >= 0.6 is 0 Å². The Bertz CT molecular complexity index is 228. The van der Waals surface area contributed by atoms with E-state index in [-0.39, 0.29) is 11.6 Å². The van der Waals surface area contributed by atoms with Gasteiger partial charge in [-0.15, -0.1) is 6.58 Å². The fraction of sp³-hybridized carbons (Fsp3) is 0.857. The van der Waals surface area contributed by atoms with Crippen LogP contribution in [0.2, 0.25) is 0 Å². The summed E-state index contributed by atoms with van der Waals surface area (Å²) in [5, 5.41) is 0. The Morgan fingerprint density at radius 1 is 1.65 bits per heavy atom. The summed E-state index contributed by atoms with van der Waals surface area (Å²) in [7, 11) is 0. The van der Waals surface area contributed by atoms with Crippen molar-refractivity contribution in [3.63, 3.8) is 0 Å². The van der Waals surface area contributed by atoms with Crippen molar-refractivity contribution in [2.24, 2.45) is 11.8 Å². The maximum Gasteiger partial charge on any atom is 0.0850 e. The molecule has 0 aromatic carbocycles. The third-order valence-electron chi connectivity index (χ3n) is 3.92. The Hall–Kier alpha value is -0.380. The number of nitrogens with one attached hydrogen (secondary N) is 1. The van der Waals surface area contributed by atoms with E-state index in [0.29, 0.717) is 0 Å². The highest BCUT2D eigenvalue weighted by Crippen LogP contribution is 2.38. The summed E-state index contributed by atoms with van der Waals surface area (Å²) in [6, 6.07) is 0.239. The first-order valence-electron chi connectivity index (χ1n) is 6.89. The van der Waals surface area contributed by atoms with Gasteiger partial charge in [0, 0.05) is 6.61 Å². The highest BCUT2D eigenvalue weighted by molar-refractivity contribution is 4.97. The minimum atomic E-state index is -0.0653. The van der Waals surface area contributed by atoms with Crippen LogP contribution in [0.4, 0.5) is 0 Å². The molecule has 1 aliphatic carbocycles.